The molecule has 0 fully saturated rings. The second kappa shape index (κ2) is 10.4. The molecule has 0 bridgehead atoms. The molecule has 1 aliphatic carbocycles. The highest BCUT2D eigenvalue weighted by molar-refractivity contribution is 14.0. The first kappa shape index (κ1) is 21.3. The van der Waals surface area contributed by atoms with Gasteiger partial charge in [0.1, 0.15) is 11.5 Å². The van der Waals surface area contributed by atoms with Crippen LogP contribution in [0.25, 0.3) is 0 Å². The number of hydrogen-bond donors (Lipinski definition) is 3. The highest BCUT2D eigenvalue weighted by Crippen LogP contribution is 2.30. The molecule has 5 nitrogen and oxygen atoms in total. The van der Waals surface area contributed by atoms with Crippen LogP contribution in [-0.2, 0) is 25.9 Å². The van der Waals surface area contributed by atoms with E-state index in [1.54, 1.807) is 14.2 Å². The predicted molar refractivity (Wildman–Crippen MR) is 120 cm³/mol. The van der Waals surface area contributed by atoms with E-state index in [4.69, 9.17) is 4.74 Å². The summed E-state index contributed by atoms with van der Waals surface area (Å²) >= 11 is 0. The fraction of sp³-hybridized carbons (Fsp3) is 0.381. The third-order valence-corrected chi connectivity index (χ3v) is 4.88. The van der Waals surface area contributed by atoms with Crippen LogP contribution in [0.2, 0.25) is 0 Å². The number of benzene rings is 2. The number of rotatable bonds is 5. The lowest BCUT2D eigenvalue weighted by molar-refractivity contribution is 0.414. The standard InChI is InChI=1S/C21H27N3O2.HI/c1-22-21(23-13-15-6-5-8-17(12-15)26-2)24-14-19-18-9-4-3-7-16(18)10-11-20(19)25;/h5-6,8,10-12,25H,3-4,7,9,13-14H2,1-2H3,(H2,22,23,24);1H. The zero-order chi connectivity index (χ0) is 18.4. The number of phenolic OH excluding ortho intramolecular Hbond substituents is 1. The predicted octanol–water partition coefficient (Wildman–Crippen LogP) is 3.76. The molecule has 27 heavy (non-hydrogen) atoms. The Balaban J connectivity index is 0.00000261. The van der Waals surface area contributed by atoms with Crippen molar-refractivity contribution in [2.24, 2.45) is 4.99 Å². The Labute approximate surface area is 178 Å². The van der Waals surface area contributed by atoms with Crippen LogP contribution in [0.3, 0.4) is 0 Å². The first-order valence-corrected chi connectivity index (χ1v) is 9.11. The molecule has 0 amide bonds. The molecule has 3 N–H and O–H groups in total. The van der Waals surface area contributed by atoms with Gasteiger partial charge in [-0.3, -0.25) is 4.99 Å². The fourth-order valence-corrected chi connectivity index (χ4v) is 3.45. The lowest BCUT2D eigenvalue weighted by Gasteiger charge is -2.21. The lowest BCUT2D eigenvalue weighted by atomic mass is 9.88. The van der Waals surface area contributed by atoms with Crippen LogP contribution >= 0.6 is 24.0 Å². The monoisotopic (exact) mass is 481 g/mol. The molecular weight excluding hydrogens is 453 g/mol. The molecule has 6 heteroatoms. The number of methoxy groups -OCH3 is 1. The molecular formula is C21H28IN3O2. The summed E-state index contributed by atoms with van der Waals surface area (Å²) < 4.78 is 5.26. The van der Waals surface area contributed by atoms with Crippen molar-refractivity contribution in [2.45, 2.75) is 38.8 Å². The molecule has 0 saturated carbocycles. The van der Waals surface area contributed by atoms with E-state index in [1.807, 2.05) is 30.3 Å². The van der Waals surface area contributed by atoms with Crippen molar-refractivity contribution in [3.63, 3.8) is 0 Å². The van der Waals surface area contributed by atoms with Gasteiger partial charge in [-0.1, -0.05) is 18.2 Å². The second-order valence-corrected chi connectivity index (χ2v) is 6.54. The first-order chi connectivity index (χ1) is 12.7. The highest BCUT2D eigenvalue weighted by Gasteiger charge is 2.16. The van der Waals surface area contributed by atoms with E-state index in [0.29, 0.717) is 24.8 Å². The number of aromatic hydroxyl groups is 1. The molecule has 0 radical (unpaired) electrons. The molecule has 146 valence electrons. The summed E-state index contributed by atoms with van der Waals surface area (Å²) in [5.41, 5.74) is 4.77. The highest BCUT2D eigenvalue weighted by atomic mass is 127. The van der Waals surface area contributed by atoms with Gasteiger partial charge in [0.2, 0.25) is 0 Å². The molecule has 0 spiro atoms. The normalized spacial score (nSPS) is 13.3. The minimum atomic E-state index is 0. The maximum atomic E-state index is 10.3. The average Bonchev–Trinajstić information content (AvgIpc) is 2.69. The van der Waals surface area contributed by atoms with Crippen LogP contribution in [-0.4, -0.2) is 25.2 Å². The zero-order valence-electron chi connectivity index (χ0n) is 15.9. The maximum Gasteiger partial charge on any atom is 0.191 e. The van der Waals surface area contributed by atoms with E-state index < -0.39 is 0 Å². The van der Waals surface area contributed by atoms with E-state index in [-0.39, 0.29) is 24.0 Å². The molecule has 0 heterocycles. The number of fused-ring (bicyclic) bond motifs is 1. The maximum absolute atomic E-state index is 10.3. The third-order valence-electron chi connectivity index (χ3n) is 4.88. The molecule has 0 saturated heterocycles. The van der Waals surface area contributed by atoms with Gasteiger partial charge in [0.25, 0.3) is 0 Å². The summed E-state index contributed by atoms with van der Waals surface area (Å²) in [7, 11) is 3.42. The van der Waals surface area contributed by atoms with E-state index in [9.17, 15) is 5.11 Å². The number of nitrogens with one attached hydrogen (secondary N) is 2. The van der Waals surface area contributed by atoms with Crippen LogP contribution in [0.5, 0.6) is 11.5 Å². The van der Waals surface area contributed by atoms with Gasteiger partial charge < -0.3 is 20.5 Å². The van der Waals surface area contributed by atoms with E-state index in [0.717, 1.165) is 29.7 Å². The summed E-state index contributed by atoms with van der Waals surface area (Å²) in [6.45, 7) is 1.21. The number of phenols is 1. The molecule has 2 aromatic rings. The van der Waals surface area contributed by atoms with Crippen molar-refractivity contribution in [1.29, 1.82) is 0 Å². The Morgan fingerprint density at radius 2 is 1.89 bits per heavy atom. The van der Waals surface area contributed by atoms with Gasteiger partial charge in [0.05, 0.1) is 7.11 Å². The lowest BCUT2D eigenvalue weighted by Crippen LogP contribution is -2.36. The molecule has 0 atom stereocenters. The Bertz CT molecular complexity index is 793. The summed E-state index contributed by atoms with van der Waals surface area (Å²) in [4.78, 5) is 4.28. The van der Waals surface area contributed by atoms with E-state index in [1.165, 1.54) is 24.0 Å². The van der Waals surface area contributed by atoms with E-state index >= 15 is 0 Å². The summed E-state index contributed by atoms with van der Waals surface area (Å²) in [5.74, 6) is 1.91. The van der Waals surface area contributed by atoms with Gasteiger partial charge >= 0.3 is 0 Å². The summed E-state index contributed by atoms with van der Waals surface area (Å²) in [6.07, 6.45) is 4.56. The van der Waals surface area contributed by atoms with Crippen molar-refractivity contribution in [3.8, 4) is 11.5 Å². The molecule has 2 aromatic carbocycles. The SMILES string of the molecule is CN=C(NCc1cccc(OC)c1)NCc1c(O)ccc2c1CCCC2.I. The number of halogens is 1. The van der Waals surface area contributed by atoms with Crippen LogP contribution in [0.4, 0.5) is 0 Å². The number of aryl methyl sites for hydroxylation is 1. The second-order valence-electron chi connectivity index (χ2n) is 6.54. The number of aliphatic imine (C=N–C) groups is 1. The number of guanidine groups is 1. The molecule has 3 rings (SSSR count). The Kier molecular flexibility index (Phi) is 8.22. The largest absolute Gasteiger partial charge is 0.508 e. The van der Waals surface area contributed by atoms with Crippen LogP contribution in [0, 0.1) is 0 Å². The Morgan fingerprint density at radius 1 is 1.11 bits per heavy atom. The molecule has 0 unspecified atom stereocenters. The molecule has 0 aromatic heterocycles. The van der Waals surface area contributed by atoms with Gasteiger partial charge in [-0.05, 0) is 60.6 Å². The van der Waals surface area contributed by atoms with Crippen molar-refractivity contribution in [3.05, 3.63) is 58.7 Å². The third kappa shape index (κ3) is 5.51. The summed E-state index contributed by atoms with van der Waals surface area (Å²) in [5, 5.41) is 16.9. The topological polar surface area (TPSA) is 65.9 Å². The van der Waals surface area contributed by atoms with Crippen molar-refractivity contribution >= 4 is 29.9 Å². The van der Waals surface area contributed by atoms with Gasteiger partial charge in [0, 0.05) is 25.7 Å². The average molecular weight is 481 g/mol. The van der Waals surface area contributed by atoms with Crippen molar-refractivity contribution in [1.82, 2.24) is 10.6 Å². The van der Waals surface area contributed by atoms with Gasteiger partial charge in [-0.2, -0.15) is 0 Å². The summed E-state index contributed by atoms with van der Waals surface area (Å²) in [6, 6.07) is 11.8. The Hall–Kier alpha value is -1.96. The minimum Gasteiger partial charge on any atom is -0.508 e. The molecule has 1 aliphatic rings. The van der Waals surface area contributed by atoms with E-state index in [2.05, 4.69) is 21.7 Å². The zero-order valence-corrected chi connectivity index (χ0v) is 18.2. The van der Waals surface area contributed by atoms with Crippen LogP contribution < -0.4 is 15.4 Å². The first-order valence-electron chi connectivity index (χ1n) is 9.11. The quantitative estimate of drug-likeness (QED) is 0.346. The van der Waals surface area contributed by atoms with Gasteiger partial charge in [-0.15, -0.1) is 24.0 Å². The van der Waals surface area contributed by atoms with Crippen molar-refractivity contribution < 1.29 is 9.84 Å². The smallest absolute Gasteiger partial charge is 0.191 e. The van der Waals surface area contributed by atoms with Crippen molar-refractivity contribution in [2.75, 3.05) is 14.2 Å². The molecule has 0 aliphatic heterocycles. The number of nitrogens with zero attached hydrogens (tertiary/aromatic N) is 1. The number of ether oxygens (including phenoxy) is 1. The minimum absolute atomic E-state index is 0. The number of hydrogen-bond acceptors (Lipinski definition) is 3. The van der Waals surface area contributed by atoms with Gasteiger partial charge in [-0.25, -0.2) is 0 Å². The van der Waals surface area contributed by atoms with Gasteiger partial charge in [0.15, 0.2) is 5.96 Å². The Morgan fingerprint density at radius 3 is 2.67 bits per heavy atom. The van der Waals surface area contributed by atoms with Crippen LogP contribution in [0.15, 0.2) is 41.4 Å². The fourth-order valence-electron chi connectivity index (χ4n) is 3.45. The van der Waals surface area contributed by atoms with Crippen LogP contribution in [0.1, 0.15) is 35.1 Å².